The molecule has 1 fully saturated rings. The van der Waals surface area contributed by atoms with E-state index in [1.807, 2.05) is 20.9 Å². The number of carbonyl (C=O) groups is 9. The number of primary amides is 1. The number of hydrogen-bond donors (Lipinski definition) is 11. The zero-order valence-corrected chi connectivity index (χ0v) is 39.2. The zero-order valence-electron chi connectivity index (χ0n) is 38.3. The van der Waals surface area contributed by atoms with Gasteiger partial charge in [-0.2, -0.15) is 0 Å². The summed E-state index contributed by atoms with van der Waals surface area (Å²) in [5, 5.41) is 35.3. The van der Waals surface area contributed by atoms with Gasteiger partial charge in [0.25, 0.3) is 0 Å². The number of thioether (sulfide) groups is 1. The predicted molar refractivity (Wildman–Crippen MR) is 246 cm³/mol. The maximum Gasteiger partial charge on any atom is 0.248 e. The summed E-state index contributed by atoms with van der Waals surface area (Å²) in [5.74, 6) is -7.78. The molecule has 0 saturated carbocycles. The minimum absolute atomic E-state index is 0.0845. The van der Waals surface area contributed by atoms with Gasteiger partial charge in [0.05, 0.1) is 19.2 Å². The van der Waals surface area contributed by atoms with Gasteiger partial charge < -0.3 is 58.7 Å². The molecule has 6 unspecified atom stereocenters. The van der Waals surface area contributed by atoms with E-state index in [4.69, 9.17) is 5.73 Å². The van der Waals surface area contributed by atoms with Crippen LogP contribution in [0.15, 0.2) is 28.8 Å². The topological polar surface area (TPSA) is 321 Å². The molecule has 12 N–H and O–H groups in total. The molecule has 0 radical (unpaired) electrons. The molecule has 21 nitrogen and oxygen atoms in total. The lowest BCUT2D eigenvalue weighted by atomic mass is 9.83. The van der Waals surface area contributed by atoms with Gasteiger partial charge in [0.15, 0.2) is 11.7 Å². The first-order valence-electron chi connectivity index (χ1n) is 22.3. The molecule has 2 rings (SSSR count). The molecule has 0 aliphatic carbocycles. The fourth-order valence-electron chi connectivity index (χ4n) is 7.05. The molecule has 8 amide bonds. The highest BCUT2D eigenvalue weighted by Crippen LogP contribution is 2.28. The summed E-state index contributed by atoms with van der Waals surface area (Å²) in [6, 6.07) is -5.14. The molecule has 0 aromatic carbocycles. The molecule has 0 bridgehead atoms. The second-order valence-electron chi connectivity index (χ2n) is 16.6. The van der Waals surface area contributed by atoms with Gasteiger partial charge in [0.2, 0.25) is 47.3 Å². The van der Waals surface area contributed by atoms with Crippen molar-refractivity contribution in [3.63, 3.8) is 0 Å². The first-order chi connectivity index (χ1) is 30.9. The molecule has 22 heteroatoms. The van der Waals surface area contributed by atoms with Gasteiger partial charge >= 0.3 is 0 Å². The smallest absolute Gasteiger partial charge is 0.248 e. The third-order valence-corrected chi connectivity index (χ3v) is 11.7. The van der Waals surface area contributed by atoms with E-state index in [1.54, 1.807) is 7.05 Å². The molecule has 1 spiro atoms. The van der Waals surface area contributed by atoms with Crippen LogP contribution in [0.5, 0.6) is 0 Å². The average Bonchev–Trinajstić information content (AvgIpc) is 3.26. The minimum atomic E-state index is -2.07. The lowest BCUT2D eigenvalue weighted by Gasteiger charge is -2.36. The van der Waals surface area contributed by atoms with E-state index in [2.05, 4.69) is 65.0 Å². The summed E-state index contributed by atoms with van der Waals surface area (Å²) in [6.45, 7) is 4.57. The number of allylic oxidation sites excluding steroid dienone is 2. The number of rotatable bonds is 21. The normalized spacial score (nSPS) is 23.8. The number of amides is 8. The van der Waals surface area contributed by atoms with Gasteiger partial charge in [-0.25, -0.2) is 0 Å². The van der Waals surface area contributed by atoms with E-state index < -0.39 is 109 Å². The molecule has 65 heavy (non-hydrogen) atoms. The number of aliphatic imine (C=N–C) groups is 1. The van der Waals surface area contributed by atoms with Gasteiger partial charge in [-0.15, -0.1) is 11.8 Å². The van der Waals surface area contributed by atoms with Crippen LogP contribution in [0.4, 0.5) is 0 Å². The number of nitrogens with one attached hydrogen (secondary N) is 9. The molecule has 6 atom stereocenters. The Hall–Kier alpha value is -5.51. The Balaban J connectivity index is 2.30. The molecule has 0 aromatic heterocycles. The average molecular weight is 934 g/mol. The highest BCUT2D eigenvalue weighted by atomic mass is 32.2. The molecule has 364 valence electrons. The van der Waals surface area contributed by atoms with Crippen molar-refractivity contribution in [2.24, 2.45) is 22.6 Å². The summed E-state index contributed by atoms with van der Waals surface area (Å²) in [5.41, 5.74) is 3.29. The van der Waals surface area contributed by atoms with Crippen molar-refractivity contribution < 1.29 is 48.3 Å². The van der Waals surface area contributed by atoms with Gasteiger partial charge in [0, 0.05) is 57.8 Å². The molecular formula is C43H71N11O10S. The summed E-state index contributed by atoms with van der Waals surface area (Å²) in [6.07, 6.45) is 10.2. The van der Waals surface area contributed by atoms with Crippen molar-refractivity contribution in [2.45, 2.75) is 134 Å². The van der Waals surface area contributed by atoms with E-state index in [0.717, 1.165) is 62.8 Å². The first kappa shape index (κ1) is 55.6. The third kappa shape index (κ3) is 20.9. The maximum atomic E-state index is 14.6. The standard InChI is InChI=1S/C43H71N11O10S/c1-27(2)21-31-38(61)49-24-36(59)54-43(26-65-20-19-47-39(62)32(25-55)52-40(63)30(53-41(43)64)16-17-34(44)57)23-29(37(60)51-31)22-33(56)28(3)50-35(58)15-13-11-9-7-6-8-10-12-14-18-48-42(45-4)46-5/h6,8,19-20,27-32,55H,7,9-18,21-26H2,1-5H3,(H2,44,57)(H,47,62)(H,49,61)(H,50,58)(H,51,60)(H,52,63)(H,53,64)(H,54,59)(H2,45,46,48)/b8-6-,20-19-. The number of Topliss-reactive ketones (excluding diaryl/α,β-unsaturated/α-hetero) is 1. The Kier molecular flexibility index (Phi) is 25.5. The van der Waals surface area contributed by atoms with Crippen LogP contribution in [0.2, 0.25) is 0 Å². The molecule has 2 heterocycles. The summed E-state index contributed by atoms with van der Waals surface area (Å²) in [7, 11) is 3.54. The van der Waals surface area contributed by atoms with Crippen LogP contribution in [0.1, 0.15) is 104 Å². The van der Waals surface area contributed by atoms with E-state index >= 15 is 0 Å². The number of ketones is 1. The first-order valence-corrected chi connectivity index (χ1v) is 23.3. The lowest BCUT2D eigenvalue weighted by molar-refractivity contribution is -0.138. The quantitative estimate of drug-likeness (QED) is 0.0286. The number of nitrogens with two attached hydrogens (primary N) is 1. The van der Waals surface area contributed by atoms with Crippen molar-refractivity contribution in [3.05, 3.63) is 23.8 Å². The number of nitrogens with zero attached hydrogens (tertiary/aromatic N) is 1. The number of carbonyl (C=O) groups excluding carboxylic acids is 9. The highest BCUT2D eigenvalue weighted by molar-refractivity contribution is 8.02. The van der Waals surface area contributed by atoms with Crippen LogP contribution in [0, 0.1) is 11.8 Å². The van der Waals surface area contributed by atoms with Crippen molar-refractivity contribution in [1.82, 2.24) is 47.9 Å². The van der Waals surface area contributed by atoms with Crippen LogP contribution in [0.3, 0.4) is 0 Å². The fourth-order valence-corrected chi connectivity index (χ4v) is 7.92. The van der Waals surface area contributed by atoms with Crippen molar-refractivity contribution >= 4 is 70.8 Å². The number of guanidine groups is 1. The number of unbranched alkanes of at least 4 members (excludes halogenated alkanes) is 5. The van der Waals surface area contributed by atoms with Gasteiger partial charge in [0.1, 0.15) is 23.7 Å². The third-order valence-electron chi connectivity index (χ3n) is 10.7. The SMILES string of the molecule is CN=C(NC)NCCCC/C=C\CCCCCC(=O)NC(C)C(=O)CC1CC2(CS/C=C\NC(=O)C(CO)NC(=O)C(CCC(N)=O)NC2=O)NC(=O)CNC(=O)C(CC(C)C)NC1=O. The summed E-state index contributed by atoms with van der Waals surface area (Å²) < 4.78 is 0. The van der Waals surface area contributed by atoms with E-state index in [-0.39, 0.29) is 43.3 Å². The minimum Gasteiger partial charge on any atom is -0.394 e. The Morgan fingerprint density at radius 2 is 1.60 bits per heavy atom. The van der Waals surface area contributed by atoms with Crippen LogP contribution in [-0.2, 0) is 43.2 Å². The summed E-state index contributed by atoms with van der Waals surface area (Å²) in [4.78, 5) is 125. The Morgan fingerprint density at radius 3 is 2.25 bits per heavy atom. The van der Waals surface area contributed by atoms with E-state index in [0.29, 0.717) is 6.42 Å². The van der Waals surface area contributed by atoms with Crippen LogP contribution in [-0.4, -0.2) is 133 Å². The van der Waals surface area contributed by atoms with Crippen LogP contribution >= 0.6 is 11.8 Å². The fraction of sp³-hybridized carbons (Fsp3) is 0.674. The van der Waals surface area contributed by atoms with E-state index in [9.17, 15) is 48.3 Å². The molecule has 2 aliphatic heterocycles. The van der Waals surface area contributed by atoms with Crippen LogP contribution in [0.25, 0.3) is 0 Å². The number of hydrogen-bond acceptors (Lipinski definition) is 12. The second kappa shape index (κ2) is 29.8. The van der Waals surface area contributed by atoms with Gasteiger partial charge in [-0.1, -0.05) is 32.4 Å². The molecular weight excluding hydrogens is 863 g/mol. The molecule has 1 saturated heterocycles. The largest absolute Gasteiger partial charge is 0.394 e. The van der Waals surface area contributed by atoms with Crippen LogP contribution < -0.4 is 53.6 Å². The van der Waals surface area contributed by atoms with Gasteiger partial charge in [-0.05, 0) is 76.0 Å². The zero-order chi connectivity index (χ0) is 48.4. The maximum absolute atomic E-state index is 14.6. The highest BCUT2D eigenvalue weighted by Gasteiger charge is 2.46. The van der Waals surface area contributed by atoms with Gasteiger partial charge in [-0.3, -0.25) is 48.1 Å². The Labute approximate surface area is 385 Å². The predicted octanol–water partition coefficient (Wildman–Crippen LogP) is -0.994. The van der Waals surface area contributed by atoms with E-state index in [1.165, 1.54) is 18.5 Å². The summed E-state index contributed by atoms with van der Waals surface area (Å²) >= 11 is 0.932. The molecule has 2 aliphatic rings. The Bertz CT molecular complexity index is 1740. The van der Waals surface area contributed by atoms with Crippen molar-refractivity contribution in [2.75, 3.05) is 39.5 Å². The lowest BCUT2D eigenvalue weighted by Crippen LogP contribution is -2.65. The number of aliphatic hydroxyl groups excluding tert-OH is 1. The number of aliphatic hydroxyl groups is 1. The van der Waals surface area contributed by atoms with Crippen molar-refractivity contribution in [1.29, 1.82) is 0 Å². The second-order valence-corrected chi connectivity index (χ2v) is 17.5. The Morgan fingerprint density at radius 1 is 0.908 bits per heavy atom. The van der Waals surface area contributed by atoms with Crippen molar-refractivity contribution in [3.8, 4) is 0 Å². The monoisotopic (exact) mass is 934 g/mol. The molecule has 0 aromatic rings.